The van der Waals surface area contributed by atoms with Gasteiger partial charge in [0.2, 0.25) is 5.91 Å². The summed E-state index contributed by atoms with van der Waals surface area (Å²) in [5, 5.41) is 11.3. The average Bonchev–Trinajstić information content (AvgIpc) is 2.77. The van der Waals surface area contributed by atoms with Crippen LogP contribution in [0.2, 0.25) is 0 Å². The number of carbonyl (C=O) groups is 2. The van der Waals surface area contributed by atoms with Crippen LogP contribution in [-0.2, 0) is 4.79 Å². The third-order valence-electron chi connectivity index (χ3n) is 3.40. The van der Waals surface area contributed by atoms with Crippen molar-refractivity contribution < 1.29 is 19.1 Å². The lowest BCUT2D eigenvalue weighted by Crippen LogP contribution is -2.34. The lowest BCUT2D eigenvalue weighted by molar-refractivity contribution is -0.120. The van der Waals surface area contributed by atoms with Crippen LogP contribution in [0.5, 0.6) is 0 Å². The maximum Gasteiger partial charge on any atom is 0.337 e. The topological polar surface area (TPSA) is 92.4 Å². The molecule has 1 aromatic carbocycles. The summed E-state index contributed by atoms with van der Waals surface area (Å²) >= 11 is 0. The van der Waals surface area contributed by atoms with Crippen LogP contribution in [0.25, 0.3) is 0 Å². The molecule has 102 valence electrons. The number of nitrogens with one attached hydrogen (secondary N) is 1. The van der Waals surface area contributed by atoms with E-state index >= 15 is 0 Å². The number of hydrogen-bond acceptors (Lipinski definition) is 3. The van der Waals surface area contributed by atoms with Crippen molar-refractivity contribution in [1.82, 2.24) is 0 Å². The highest BCUT2D eigenvalue weighted by atomic mass is 19.1. The molecule has 19 heavy (non-hydrogen) atoms. The molecule has 6 heteroatoms. The van der Waals surface area contributed by atoms with Gasteiger partial charge in [0.05, 0.1) is 17.2 Å². The second kappa shape index (κ2) is 5.36. The molecular formula is C13H15FN2O3. The molecule has 1 saturated carbocycles. The molecule has 0 heterocycles. The first-order chi connectivity index (χ1) is 9.00. The van der Waals surface area contributed by atoms with Gasteiger partial charge in [-0.1, -0.05) is 12.5 Å². The second-order valence-electron chi connectivity index (χ2n) is 4.66. The van der Waals surface area contributed by atoms with Crippen molar-refractivity contribution in [3.05, 3.63) is 29.6 Å². The molecule has 0 spiro atoms. The van der Waals surface area contributed by atoms with Crippen LogP contribution in [0, 0.1) is 11.7 Å². The van der Waals surface area contributed by atoms with Gasteiger partial charge in [0, 0.05) is 6.04 Å². The van der Waals surface area contributed by atoms with Gasteiger partial charge in [-0.25, -0.2) is 9.18 Å². The van der Waals surface area contributed by atoms with Gasteiger partial charge in [-0.05, 0) is 25.0 Å². The molecule has 2 unspecified atom stereocenters. The molecule has 0 aliphatic heterocycles. The molecular weight excluding hydrogens is 251 g/mol. The van der Waals surface area contributed by atoms with Crippen LogP contribution < -0.4 is 11.1 Å². The fraction of sp³-hybridized carbons (Fsp3) is 0.385. The minimum Gasteiger partial charge on any atom is -0.478 e. The Labute approximate surface area is 109 Å². The second-order valence-corrected chi connectivity index (χ2v) is 4.66. The van der Waals surface area contributed by atoms with Gasteiger partial charge in [-0.15, -0.1) is 0 Å². The molecule has 1 aliphatic carbocycles. The highest BCUT2D eigenvalue weighted by Crippen LogP contribution is 2.27. The van der Waals surface area contributed by atoms with Gasteiger partial charge in [0.15, 0.2) is 0 Å². The van der Waals surface area contributed by atoms with Crippen LogP contribution in [0.4, 0.5) is 10.1 Å². The predicted molar refractivity (Wildman–Crippen MR) is 67.3 cm³/mol. The van der Waals surface area contributed by atoms with Gasteiger partial charge in [0.1, 0.15) is 5.82 Å². The first-order valence-corrected chi connectivity index (χ1v) is 6.09. The van der Waals surface area contributed by atoms with E-state index in [1.165, 1.54) is 12.1 Å². The number of carboxylic acid groups (broad SMARTS) is 1. The fourth-order valence-corrected chi connectivity index (χ4v) is 2.36. The largest absolute Gasteiger partial charge is 0.478 e. The monoisotopic (exact) mass is 266 g/mol. The average molecular weight is 266 g/mol. The van der Waals surface area contributed by atoms with Crippen molar-refractivity contribution >= 4 is 17.6 Å². The SMILES string of the molecule is NC1CCCC1C(=O)Nc1c(F)cccc1C(=O)O. The van der Waals surface area contributed by atoms with Crippen molar-refractivity contribution in [3.63, 3.8) is 0 Å². The summed E-state index contributed by atoms with van der Waals surface area (Å²) in [6.07, 6.45) is 2.24. The summed E-state index contributed by atoms with van der Waals surface area (Å²) in [6, 6.07) is 3.39. The molecule has 1 amide bonds. The van der Waals surface area contributed by atoms with Crippen LogP contribution in [0.15, 0.2) is 18.2 Å². The Balaban J connectivity index is 2.23. The van der Waals surface area contributed by atoms with Crippen LogP contribution in [0.1, 0.15) is 29.6 Å². The number of carboxylic acids is 1. The van der Waals surface area contributed by atoms with Crippen molar-refractivity contribution in [2.45, 2.75) is 25.3 Å². The molecule has 4 N–H and O–H groups in total. The van der Waals surface area contributed by atoms with Crippen LogP contribution in [0.3, 0.4) is 0 Å². The summed E-state index contributed by atoms with van der Waals surface area (Å²) in [5.41, 5.74) is 5.24. The Bertz CT molecular complexity index is 519. The quantitative estimate of drug-likeness (QED) is 0.774. The van der Waals surface area contributed by atoms with Crippen molar-refractivity contribution in [3.8, 4) is 0 Å². The number of aromatic carboxylic acids is 1. The summed E-state index contributed by atoms with van der Waals surface area (Å²) < 4.78 is 13.6. The van der Waals surface area contributed by atoms with Crippen LogP contribution in [-0.4, -0.2) is 23.0 Å². The molecule has 0 saturated heterocycles. The van der Waals surface area contributed by atoms with E-state index in [0.29, 0.717) is 6.42 Å². The summed E-state index contributed by atoms with van der Waals surface area (Å²) in [5.74, 6) is -2.86. The molecule has 1 aromatic rings. The van der Waals surface area contributed by atoms with E-state index in [9.17, 15) is 14.0 Å². The number of hydrogen-bond donors (Lipinski definition) is 3. The van der Waals surface area contributed by atoms with Gasteiger partial charge >= 0.3 is 5.97 Å². The minimum absolute atomic E-state index is 0.250. The number of rotatable bonds is 3. The van der Waals surface area contributed by atoms with Crippen molar-refractivity contribution in [2.24, 2.45) is 11.7 Å². The molecule has 2 atom stereocenters. The number of para-hydroxylation sites is 1. The fourth-order valence-electron chi connectivity index (χ4n) is 2.36. The number of amides is 1. The lowest BCUT2D eigenvalue weighted by atomic mass is 10.0. The molecule has 1 fully saturated rings. The summed E-state index contributed by atoms with van der Waals surface area (Å²) in [6.45, 7) is 0. The van der Waals surface area contributed by atoms with E-state index < -0.39 is 17.7 Å². The Morgan fingerprint density at radius 2 is 2.11 bits per heavy atom. The molecule has 0 bridgehead atoms. The van der Waals surface area contributed by atoms with Gasteiger partial charge in [-0.2, -0.15) is 0 Å². The van der Waals surface area contributed by atoms with E-state index in [1.54, 1.807) is 0 Å². The first-order valence-electron chi connectivity index (χ1n) is 6.09. The lowest BCUT2D eigenvalue weighted by Gasteiger charge is -2.16. The smallest absolute Gasteiger partial charge is 0.337 e. The Morgan fingerprint density at radius 3 is 2.68 bits per heavy atom. The Kier molecular flexibility index (Phi) is 3.80. The normalized spacial score (nSPS) is 22.2. The van der Waals surface area contributed by atoms with E-state index in [0.717, 1.165) is 18.9 Å². The standard InChI is InChI=1S/C13H15FN2O3/c14-9-5-1-4-8(13(18)19)11(9)16-12(17)7-3-2-6-10(7)15/h1,4-5,7,10H,2-3,6,15H2,(H,16,17)(H,18,19). The maximum atomic E-state index is 13.6. The van der Waals surface area contributed by atoms with Gasteiger partial charge < -0.3 is 16.2 Å². The third kappa shape index (κ3) is 2.73. The van der Waals surface area contributed by atoms with Gasteiger partial charge in [0.25, 0.3) is 0 Å². The third-order valence-corrected chi connectivity index (χ3v) is 3.40. The predicted octanol–water partition coefficient (Wildman–Crippen LogP) is 1.59. The molecule has 5 nitrogen and oxygen atoms in total. The van der Waals surface area contributed by atoms with E-state index in [4.69, 9.17) is 10.8 Å². The number of nitrogens with two attached hydrogens (primary N) is 1. The van der Waals surface area contributed by atoms with Crippen LogP contribution >= 0.6 is 0 Å². The molecule has 0 aromatic heterocycles. The highest BCUT2D eigenvalue weighted by Gasteiger charge is 2.31. The highest BCUT2D eigenvalue weighted by molar-refractivity contribution is 6.01. The molecule has 1 aliphatic rings. The maximum absolute atomic E-state index is 13.6. The molecule has 0 radical (unpaired) electrons. The Hall–Kier alpha value is -1.95. The zero-order valence-electron chi connectivity index (χ0n) is 10.2. The van der Waals surface area contributed by atoms with Crippen molar-refractivity contribution in [2.75, 3.05) is 5.32 Å². The van der Waals surface area contributed by atoms with E-state index in [2.05, 4.69) is 5.32 Å². The summed E-state index contributed by atoms with van der Waals surface area (Å²) in [7, 11) is 0. The number of benzene rings is 1. The molecule has 2 rings (SSSR count). The van der Waals surface area contributed by atoms with E-state index in [1.807, 2.05) is 0 Å². The van der Waals surface area contributed by atoms with Gasteiger partial charge in [-0.3, -0.25) is 4.79 Å². The zero-order chi connectivity index (χ0) is 14.0. The first kappa shape index (κ1) is 13.5. The summed E-state index contributed by atoms with van der Waals surface area (Å²) in [4.78, 5) is 23.0. The Morgan fingerprint density at radius 1 is 1.37 bits per heavy atom. The minimum atomic E-state index is -1.29. The van der Waals surface area contributed by atoms with E-state index in [-0.39, 0.29) is 23.2 Å². The number of anilines is 1. The zero-order valence-corrected chi connectivity index (χ0v) is 10.2. The number of halogens is 1. The number of carbonyl (C=O) groups excluding carboxylic acids is 1. The van der Waals surface area contributed by atoms with Crippen molar-refractivity contribution in [1.29, 1.82) is 0 Å².